The van der Waals surface area contributed by atoms with E-state index in [2.05, 4.69) is 427 Å². The van der Waals surface area contributed by atoms with Crippen LogP contribution in [0.2, 0.25) is 0 Å². The molecule has 17 heteroatoms. The zero-order valence-electron chi connectivity index (χ0n) is 68.6. The molecule has 0 atom stereocenters. The molecule has 0 N–H and O–H groups in total. The molecule has 0 saturated heterocycles. The molecule has 16 heterocycles. The van der Waals surface area contributed by atoms with Crippen LogP contribution in [0.3, 0.4) is 0 Å². The quantitative estimate of drug-likeness (QED) is 0.166. The second kappa shape index (κ2) is 26.9. The minimum Gasteiger partial charge on any atom is -0.309 e. The van der Waals surface area contributed by atoms with E-state index in [0.717, 1.165) is 94.6 Å². The molecule has 0 aliphatic rings. The van der Waals surface area contributed by atoms with Crippen molar-refractivity contribution in [1.82, 2.24) is 64.9 Å². The fraction of sp³-hybridized carbons (Fsp3) is 0. The number of pyridine rings is 2. The van der Waals surface area contributed by atoms with Crippen molar-refractivity contribution in [2.24, 2.45) is 0 Å². The number of imidazole rings is 4. The summed E-state index contributed by atoms with van der Waals surface area (Å²) in [5, 5.41) is 17.3. The molecule has 0 spiro atoms. The van der Waals surface area contributed by atoms with Crippen LogP contribution in [-0.4, -0.2) is 64.9 Å². The topological polar surface area (TPSA) is 98.8 Å². The standard InChI is InChI=1S/C39H23N5S.C37H22N4S.C36H21N5S/c1-3-11-29-24(9-1)21-36-41(30-12-4-5-13-31(30)42(29)36)26-18-17-25-22-37-43(34(25)23-26)32-14-6-7-15-33(32)44(37)39-38-28(19-20-40-39)27-10-2-8-16-35(27)45-38;1-4-12-29-25(9-1)26-10-2-5-13-30(26)39(29)24-18-17-23-21-35-40(33(23)22-24)31-14-6-7-15-32(31)41(35)37-36-28(19-20-38-37)27-11-3-8-16-34(27)42-36;1-4-12-28-24(9-1)25-10-2-5-13-29(25)39(28)23-18-17-22-19-34-40(32(22)20-23)30-14-6-7-15-31(30)41(34)36-37-21-27-26-11-3-8-16-33(26)42-35(27)38-36/h1-23H;1-22H;1-21H. The molecule has 0 amide bonds. The van der Waals surface area contributed by atoms with Gasteiger partial charge in [-0.3, -0.25) is 35.9 Å². The lowest BCUT2D eigenvalue weighted by Gasteiger charge is -2.08. The molecule has 0 fully saturated rings. The second-order valence-corrected chi connectivity index (χ2v) is 36.5. The van der Waals surface area contributed by atoms with Gasteiger partial charge in [0.25, 0.3) is 0 Å². The Labute approximate surface area is 743 Å². The van der Waals surface area contributed by atoms with Gasteiger partial charge >= 0.3 is 0 Å². The number of para-hydroxylation sites is 13. The van der Waals surface area contributed by atoms with Crippen molar-refractivity contribution in [2.75, 3.05) is 0 Å². The molecule has 602 valence electrons. The van der Waals surface area contributed by atoms with Crippen molar-refractivity contribution in [3.63, 3.8) is 0 Å². The summed E-state index contributed by atoms with van der Waals surface area (Å²) >= 11 is 5.35. The largest absolute Gasteiger partial charge is 0.309 e. The molecule has 31 aromatic rings. The van der Waals surface area contributed by atoms with Gasteiger partial charge in [0.15, 0.2) is 11.6 Å². The predicted molar refractivity (Wildman–Crippen MR) is 539 cm³/mol. The van der Waals surface area contributed by atoms with Crippen LogP contribution in [0.25, 0.3) is 249 Å². The first-order chi connectivity index (χ1) is 64.0. The van der Waals surface area contributed by atoms with E-state index in [0.29, 0.717) is 5.95 Å². The van der Waals surface area contributed by atoms with Gasteiger partial charge < -0.3 is 9.13 Å². The molecular formula is C112H66N14S3. The molecule has 15 aromatic carbocycles. The molecule has 129 heavy (non-hydrogen) atoms. The Kier molecular flexibility index (Phi) is 14.7. The number of rotatable bonds is 6. The van der Waals surface area contributed by atoms with Crippen molar-refractivity contribution in [3.05, 3.63) is 401 Å². The van der Waals surface area contributed by atoms with Crippen LogP contribution in [0.15, 0.2) is 401 Å². The van der Waals surface area contributed by atoms with Crippen LogP contribution >= 0.6 is 34.0 Å². The first kappa shape index (κ1) is 70.7. The predicted octanol–water partition coefficient (Wildman–Crippen LogP) is 29.3. The Bertz CT molecular complexity index is 10100. The van der Waals surface area contributed by atoms with E-state index in [1.165, 1.54) is 149 Å². The molecule has 31 rings (SSSR count). The van der Waals surface area contributed by atoms with Crippen LogP contribution in [0.1, 0.15) is 0 Å². The SMILES string of the molecule is c1ccc2c(c1)cc1n(-c3ccc4cc5n(-c6nccc7c6sc6ccccc67)c6ccccc6n5c4c3)c3ccccc3n21.c1ccc2c(c1)sc1c(-n3c4ccccc4n4c5cc(-n6c7ccccc7c7ccccc76)ccc5cc34)nccc12.c1ccc2c(c1)sc1nc(-n3c4ccccc4n4c5cc(-n6c7ccccc7c7ccccc76)ccc5cc34)ncc12. The lowest BCUT2D eigenvalue weighted by Crippen LogP contribution is -2.00. The summed E-state index contributed by atoms with van der Waals surface area (Å²) in [6, 6.07) is 138. The minimum atomic E-state index is 0.686. The first-order valence-corrected chi connectivity index (χ1v) is 45.8. The fourth-order valence-corrected chi connectivity index (χ4v) is 24.5. The lowest BCUT2D eigenvalue weighted by atomic mass is 10.2. The highest BCUT2D eigenvalue weighted by Gasteiger charge is 2.27. The maximum Gasteiger partial charge on any atom is 0.237 e. The average molecular weight is 1700 g/mol. The van der Waals surface area contributed by atoms with E-state index in [9.17, 15) is 0 Å². The van der Waals surface area contributed by atoms with E-state index in [1.807, 2.05) is 41.3 Å². The molecule has 0 bridgehead atoms. The summed E-state index contributed by atoms with van der Waals surface area (Å²) < 4.78 is 29.8. The minimum absolute atomic E-state index is 0.686. The van der Waals surface area contributed by atoms with Crippen molar-refractivity contribution in [2.45, 2.75) is 0 Å². The summed E-state index contributed by atoms with van der Waals surface area (Å²) in [7, 11) is 0. The van der Waals surface area contributed by atoms with Crippen molar-refractivity contribution in [1.29, 1.82) is 0 Å². The van der Waals surface area contributed by atoms with Gasteiger partial charge in [-0.25, -0.2) is 19.9 Å². The Hall–Kier alpha value is -16.7. The number of benzene rings is 15. The summed E-state index contributed by atoms with van der Waals surface area (Å²) in [4.78, 5) is 21.0. The normalized spacial score (nSPS) is 12.3. The molecule has 0 aliphatic heterocycles. The summed E-state index contributed by atoms with van der Waals surface area (Å²) in [6.45, 7) is 0. The maximum atomic E-state index is 5.10. The number of hydrogen-bond donors (Lipinski definition) is 0. The van der Waals surface area contributed by atoms with E-state index < -0.39 is 0 Å². The molecule has 16 aromatic heterocycles. The number of hydrogen-bond acceptors (Lipinski definition) is 7. The van der Waals surface area contributed by atoms with Crippen LogP contribution < -0.4 is 0 Å². The van der Waals surface area contributed by atoms with Gasteiger partial charge in [0, 0.05) is 125 Å². The van der Waals surface area contributed by atoms with Crippen molar-refractivity contribution < 1.29 is 0 Å². The highest BCUT2D eigenvalue weighted by atomic mass is 32.1. The van der Waals surface area contributed by atoms with Gasteiger partial charge in [-0.15, -0.1) is 34.0 Å². The lowest BCUT2D eigenvalue weighted by molar-refractivity contribution is 1.00. The molecule has 0 saturated carbocycles. The smallest absolute Gasteiger partial charge is 0.237 e. The van der Waals surface area contributed by atoms with Gasteiger partial charge in [0.05, 0.1) is 97.7 Å². The third kappa shape index (κ3) is 10.1. The second-order valence-electron chi connectivity index (χ2n) is 33.4. The van der Waals surface area contributed by atoms with E-state index >= 15 is 0 Å². The number of nitrogens with zero attached hydrogens (tertiary/aromatic N) is 14. The molecular weight excluding hydrogens is 1640 g/mol. The van der Waals surface area contributed by atoms with E-state index in [4.69, 9.17) is 19.9 Å². The number of fused-ring (bicyclic) bond motifs is 35. The van der Waals surface area contributed by atoms with Crippen molar-refractivity contribution in [3.8, 4) is 34.6 Å². The average Bonchev–Trinajstić information content (AvgIpc) is 1.55. The zero-order chi connectivity index (χ0) is 84.0. The Morgan fingerprint density at radius 2 is 0.496 bits per heavy atom. The van der Waals surface area contributed by atoms with Gasteiger partial charge in [-0.05, 0) is 170 Å². The highest BCUT2D eigenvalue weighted by molar-refractivity contribution is 7.27. The molecule has 0 radical (unpaired) electrons. The summed E-state index contributed by atoms with van der Waals surface area (Å²) in [6.07, 6.45) is 5.88. The van der Waals surface area contributed by atoms with Crippen LogP contribution in [0.4, 0.5) is 0 Å². The van der Waals surface area contributed by atoms with E-state index in [1.54, 1.807) is 11.3 Å². The first-order valence-electron chi connectivity index (χ1n) is 43.3. The summed E-state index contributed by atoms with van der Waals surface area (Å²) in [5.74, 6) is 2.64. The van der Waals surface area contributed by atoms with Gasteiger partial charge in [0.1, 0.15) is 27.4 Å². The fourth-order valence-electron chi connectivity index (χ4n) is 21.1. The zero-order valence-corrected chi connectivity index (χ0v) is 71.0. The van der Waals surface area contributed by atoms with Gasteiger partial charge in [-0.1, -0.05) is 212 Å². The monoisotopic (exact) mass is 1700 g/mol. The van der Waals surface area contributed by atoms with Crippen LogP contribution in [-0.2, 0) is 0 Å². The third-order valence-corrected chi connectivity index (χ3v) is 30.0. The third-order valence-electron chi connectivity index (χ3n) is 26.6. The molecule has 14 nitrogen and oxygen atoms in total. The highest BCUT2D eigenvalue weighted by Crippen LogP contribution is 2.46. The Balaban J connectivity index is 0.0000000956. The van der Waals surface area contributed by atoms with Gasteiger partial charge in [0.2, 0.25) is 5.95 Å². The van der Waals surface area contributed by atoms with Crippen molar-refractivity contribution >= 4 is 249 Å². The number of aromatic nitrogens is 14. The number of thiophene rings is 3. The van der Waals surface area contributed by atoms with E-state index in [-0.39, 0.29) is 0 Å². The van der Waals surface area contributed by atoms with Crippen LogP contribution in [0.5, 0.6) is 0 Å². The van der Waals surface area contributed by atoms with Crippen LogP contribution in [0, 0.1) is 0 Å². The molecule has 0 unspecified atom stereocenters. The Morgan fingerprint density at radius 3 is 0.922 bits per heavy atom. The Morgan fingerprint density at radius 1 is 0.194 bits per heavy atom. The van der Waals surface area contributed by atoms with Gasteiger partial charge in [-0.2, -0.15) is 0 Å². The maximum absolute atomic E-state index is 5.10. The molecule has 0 aliphatic carbocycles. The summed E-state index contributed by atoms with van der Waals surface area (Å²) in [5.41, 5.74) is 26.7.